The number of ether oxygens (including phenoxy) is 1. The van der Waals surface area contributed by atoms with Crippen LogP contribution in [0, 0.1) is 28.1 Å². The van der Waals surface area contributed by atoms with E-state index in [1.807, 2.05) is 61.5 Å². The smallest absolute Gasteiger partial charge is 0.187 e. The lowest BCUT2D eigenvalue weighted by atomic mass is 9.88. The Balaban J connectivity index is 2.22. The minimum absolute atomic E-state index is 0.500. The van der Waals surface area contributed by atoms with Gasteiger partial charge in [-0.25, -0.2) is 0 Å². The summed E-state index contributed by atoms with van der Waals surface area (Å²) in [6, 6.07) is 12.1. The highest BCUT2D eigenvalue weighted by Crippen LogP contribution is 2.30. The van der Waals surface area contributed by atoms with Crippen molar-refractivity contribution < 1.29 is 4.74 Å². The molecule has 0 N–H and O–H groups in total. The predicted molar refractivity (Wildman–Crippen MR) is 86.4 cm³/mol. The van der Waals surface area contributed by atoms with Crippen LogP contribution in [0.1, 0.15) is 12.5 Å². The van der Waals surface area contributed by atoms with Crippen molar-refractivity contribution in [3.63, 3.8) is 0 Å². The summed E-state index contributed by atoms with van der Waals surface area (Å²) in [5.74, 6) is 1.05. The van der Waals surface area contributed by atoms with Gasteiger partial charge in [-0.15, -0.1) is 0 Å². The van der Waals surface area contributed by atoms with Crippen LogP contribution in [0.15, 0.2) is 54.0 Å². The molecule has 1 aromatic carbocycles. The fraction of sp³-hybridized carbons (Fsp3) is 0.222. The van der Waals surface area contributed by atoms with Crippen LogP contribution in [0.25, 0.3) is 6.08 Å². The summed E-state index contributed by atoms with van der Waals surface area (Å²) in [5, 5.41) is 18.4. The molecule has 0 saturated carbocycles. The molecule has 0 bridgehead atoms. The second-order valence-corrected chi connectivity index (χ2v) is 5.32. The number of hydrogen-bond donors (Lipinski definition) is 0. The first-order chi connectivity index (χ1) is 10.5. The van der Waals surface area contributed by atoms with Crippen LogP contribution in [0.3, 0.4) is 0 Å². The first kappa shape index (κ1) is 15.4. The van der Waals surface area contributed by atoms with Crippen LogP contribution < -0.4 is 4.90 Å². The molecular weight excluding hydrogens is 274 g/mol. The van der Waals surface area contributed by atoms with Gasteiger partial charge in [0.05, 0.1) is 17.9 Å². The number of anilines is 1. The first-order valence-electron chi connectivity index (χ1n) is 6.86. The van der Waals surface area contributed by atoms with Gasteiger partial charge in [-0.3, -0.25) is 0 Å². The van der Waals surface area contributed by atoms with Gasteiger partial charge in [0.15, 0.2) is 5.41 Å². The van der Waals surface area contributed by atoms with E-state index in [0.717, 1.165) is 11.3 Å². The third-order valence-corrected chi connectivity index (χ3v) is 3.30. The van der Waals surface area contributed by atoms with Crippen molar-refractivity contribution in [1.29, 1.82) is 10.5 Å². The second-order valence-electron chi connectivity index (χ2n) is 5.32. The van der Waals surface area contributed by atoms with E-state index in [1.165, 1.54) is 12.2 Å². The van der Waals surface area contributed by atoms with E-state index in [4.69, 9.17) is 4.74 Å². The summed E-state index contributed by atoms with van der Waals surface area (Å²) in [5.41, 5.74) is 0.885. The van der Waals surface area contributed by atoms with Crippen LogP contribution in [-0.2, 0) is 4.74 Å². The molecule has 0 unspecified atom stereocenters. The van der Waals surface area contributed by atoms with Crippen molar-refractivity contribution in [2.75, 3.05) is 19.0 Å². The molecule has 1 aliphatic heterocycles. The Labute approximate surface area is 130 Å². The highest BCUT2D eigenvalue weighted by atomic mass is 16.5. The summed E-state index contributed by atoms with van der Waals surface area (Å²) in [7, 11) is 3.98. The Hall–Kier alpha value is -2.98. The monoisotopic (exact) mass is 291 g/mol. The fourth-order valence-electron chi connectivity index (χ4n) is 2.13. The van der Waals surface area contributed by atoms with Crippen LogP contribution >= 0.6 is 0 Å². The molecule has 0 spiro atoms. The fourth-order valence-corrected chi connectivity index (χ4v) is 2.13. The molecule has 0 radical (unpaired) electrons. The molecule has 0 amide bonds. The number of nitrogens with zero attached hydrogens (tertiary/aromatic N) is 3. The number of rotatable bonds is 3. The van der Waals surface area contributed by atoms with Crippen molar-refractivity contribution in [2.24, 2.45) is 5.41 Å². The Morgan fingerprint density at radius 3 is 2.23 bits per heavy atom. The third kappa shape index (κ3) is 3.37. The van der Waals surface area contributed by atoms with Gasteiger partial charge < -0.3 is 9.64 Å². The zero-order chi connectivity index (χ0) is 16.2. The molecule has 0 fully saturated rings. The summed E-state index contributed by atoms with van der Waals surface area (Å²) in [6.07, 6.45) is 6.72. The molecule has 4 heteroatoms. The van der Waals surface area contributed by atoms with Gasteiger partial charge in [0, 0.05) is 19.8 Å². The first-order valence-corrected chi connectivity index (χ1v) is 6.86. The number of allylic oxidation sites excluding steroid dienone is 4. The molecule has 1 aromatic rings. The number of hydrogen-bond acceptors (Lipinski definition) is 4. The lowest BCUT2D eigenvalue weighted by Gasteiger charge is -2.19. The van der Waals surface area contributed by atoms with E-state index < -0.39 is 5.41 Å². The van der Waals surface area contributed by atoms with Crippen molar-refractivity contribution in [3.8, 4) is 12.1 Å². The van der Waals surface area contributed by atoms with Crippen LogP contribution in [0.5, 0.6) is 0 Å². The van der Waals surface area contributed by atoms with Crippen molar-refractivity contribution >= 4 is 11.8 Å². The standard InChI is InChI=1S/C18H17N3O/c1-14-10-18(12-19,13-20)11-17(22-14)9-6-15-4-7-16(8-5-15)21(2)3/h4-11H,1-3H3. The minimum Gasteiger partial charge on any atom is -0.462 e. The quantitative estimate of drug-likeness (QED) is 0.853. The maximum Gasteiger partial charge on any atom is 0.187 e. The topological polar surface area (TPSA) is 60.0 Å². The lowest BCUT2D eigenvalue weighted by molar-refractivity contribution is 0.304. The van der Waals surface area contributed by atoms with Crippen LogP contribution in [0.4, 0.5) is 5.69 Å². The molecule has 0 saturated heterocycles. The molecule has 2 rings (SSSR count). The lowest BCUT2D eigenvalue weighted by Crippen LogP contribution is -2.15. The summed E-state index contributed by atoms with van der Waals surface area (Å²) in [4.78, 5) is 2.03. The Morgan fingerprint density at radius 2 is 1.68 bits per heavy atom. The normalized spacial score (nSPS) is 16.0. The largest absolute Gasteiger partial charge is 0.462 e. The molecule has 1 heterocycles. The average Bonchev–Trinajstić information content (AvgIpc) is 2.52. The van der Waals surface area contributed by atoms with E-state index in [-0.39, 0.29) is 0 Å². The third-order valence-electron chi connectivity index (χ3n) is 3.30. The summed E-state index contributed by atoms with van der Waals surface area (Å²) in [6.45, 7) is 1.73. The van der Waals surface area contributed by atoms with Crippen molar-refractivity contribution in [2.45, 2.75) is 6.92 Å². The van der Waals surface area contributed by atoms with E-state index in [9.17, 15) is 10.5 Å². The summed E-state index contributed by atoms with van der Waals surface area (Å²) >= 11 is 0. The zero-order valence-corrected chi connectivity index (χ0v) is 12.9. The Bertz CT molecular complexity index is 711. The van der Waals surface area contributed by atoms with Gasteiger partial charge in [0.2, 0.25) is 0 Å². The average molecular weight is 291 g/mol. The highest BCUT2D eigenvalue weighted by Gasteiger charge is 2.29. The highest BCUT2D eigenvalue weighted by molar-refractivity contribution is 5.57. The van der Waals surface area contributed by atoms with E-state index in [2.05, 4.69) is 0 Å². The minimum atomic E-state index is -1.25. The van der Waals surface area contributed by atoms with Crippen molar-refractivity contribution in [1.82, 2.24) is 0 Å². The van der Waals surface area contributed by atoms with E-state index >= 15 is 0 Å². The molecule has 0 aliphatic carbocycles. The second kappa shape index (κ2) is 6.20. The Morgan fingerprint density at radius 1 is 1.05 bits per heavy atom. The summed E-state index contributed by atoms with van der Waals surface area (Å²) < 4.78 is 5.55. The molecule has 0 atom stereocenters. The van der Waals surface area contributed by atoms with Gasteiger partial charge >= 0.3 is 0 Å². The number of benzene rings is 1. The SMILES string of the molecule is CC1=CC(C#N)(C#N)C=C(C=Cc2ccc(N(C)C)cc2)O1. The maximum atomic E-state index is 9.20. The number of nitriles is 2. The van der Waals surface area contributed by atoms with Gasteiger partial charge in [-0.2, -0.15) is 10.5 Å². The maximum absolute atomic E-state index is 9.20. The van der Waals surface area contributed by atoms with Gasteiger partial charge in [0.25, 0.3) is 0 Å². The molecule has 22 heavy (non-hydrogen) atoms. The van der Waals surface area contributed by atoms with E-state index in [0.29, 0.717) is 11.5 Å². The zero-order valence-electron chi connectivity index (χ0n) is 12.9. The molecule has 4 nitrogen and oxygen atoms in total. The molecule has 110 valence electrons. The van der Waals surface area contributed by atoms with Crippen LogP contribution in [0.2, 0.25) is 0 Å². The molecule has 1 aliphatic rings. The van der Waals surface area contributed by atoms with Gasteiger partial charge in [-0.1, -0.05) is 18.2 Å². The molecular formula is C18H17N3O. The molecule has 0 aromatic heterocycles. The predicted octanol–water partition coefficient (Wildman–Crippen LogP) is 3.62. The van der Waals surface area contributed by atoms with Gasteiger partial charge in [-0.05, 0) is 42.8 Å². The van der Waals surface area contributed by atoms with E-state index in [1.54, 1.807) is 13.0 Å². The van der Waals surface area contributed by atoms with Crippen molar-refractivity contribution in [3.05, 3.63) is 59.6 Å². The van der Waals surface area contributed by atoms with Gasteiger partial charge in [0.1, 0.15) is 5.76 Å². The Kier molecular flexibility index (Phi) is 4.34. The van der Waals surface area contributed by atoms with Crippen LogP contribution in [-0.4, -0.2) is 14.1 Å².